The molecule has 1 unspecified atom stereocenters. The third-order valence-electron chi connectivity index (χ3n) is 3.27. The van der Waals surface area contributed by atoms with Crippen molar-refractivity contribution in [1.82, 2.24) is 5.43 Å². The Bertz CT molecular complexity index is 617. The summed E-state index contributed by atoms with van der Waals surface area (Å²) < 4.78 is 27.3. The van der Waals surface area contributed by atoms with Crippen LogP contribution in [0.2, 0.25) is 0 Å². The van der Waals surface area contributed by atoms with Crippen LogP contribution in [0.4, 0.5) is 8.78 Å². The topological polar surface area (TPSA) is 38.0 Å². The highest BCUT2D eigenvalue weighted by Gasteiger charge is 2.16. The van der Waals surface area contributed by atoms with E-state index in [1.165, 1.54) is 18.2 Å². The summed E-state index contributed by atoms with van der Waals surface area (Å²) in [5, 5.41) is 0. The van der Waals surface area contributed by atoms with Gasteiger partial charge in [-0.2, -0.15) is 0 Å². The van der Waals surface area contributed by atoms with Gasteiger partial charge < -0.3 is 0 Å². The number of nitrogens with one attached hydrogen (secondary N) is 1. The Balaban J connectivity index is 2.34. The van der Waals surface area contributed by atoms with Crippen LogP contribution in [0.25, 0.3) is 0 Å². The predicted octanol–water partition coefficient (Wildman–Crippen LogP) is 3.78. The van der Waals surface area contributed by atoms with Crippen LogP contribution in [0.1, 0.15) is 22.7 Å². The first-order valence-corrected chi connectivity index (χ1v) is 6.97. The maximum Gasteiger partial charge on any atom is 0.137 e. The van der Waals surface area contributed by atoms with Crippen molar-refractivity contribution < 1.29 is 8.78 Å². The van der Waals surface area contributed by atoms with Crippen molar-refractivity contribution in [2.45, 2.75) is 19.4 Å². The van der Waals surface area contributed by atoms with Crippen LogP contribution in [-0.2, 0) is 6.42 Å². The zero-order valence-corrected chi connectivity index (χ0v) is 12.5. The van der Waals surface area contributed by atoms with Gasteiger partial charge in [-0.15, -0.1) is 0 Å². The molecule has 106 valence electrons. The molecule has 1 atom stereocenters. The fourth-order valence-corrected chi connectivity index (χ4v) is 2.60. The van der Waals surface area contributed by atoms with E-state index in [1.54, 1.807) is 12.1 Å². The molecule has 0 aliphatic carbocycles. The monoisotopic (exact) mass is 340 g/mol. The van der Waals surface area contributed by atoms with E-state index in [0.29, 0.717) is 10.9 Å². The molecule has 0 saturated heterocycles. The summed E-state index contributed by atoms with van der Waals surface area (Å²) in [5.41, 5.74) is 5.15. The highest BCUT2D eigenvalue weighted by Crippen LogP contribution is 2.27. The van der Waals surface area contributed by atoms with Crippen molar-refractivity contribution in [1.29, 1.82) is 0 Å². The van der Waals surface area contributed by atoms with Crippen LogP contribution in [0.15, 0.2) is 40.9 Å². The van der Waals surface area contributed by atoms with E-state index >= 15 is 0 Å². The van der Waals surface area contributed by atoms with Gasteiger partial charge in [-0.3, -0.25) is 11.3 Å². The molecule has 0 spiro atoms. The first-order valence-electron chi connectivity index (χ1n) is 6.18. The van der Waals surface area contributed by atoms with Crippen molar-refractivity contribution in [3.8, 4) is 0 Å². The van der Waals surface area contributed by atoms with Gasteiger partial charge in [-0.1, -0.05) is 18.2 Å². The van der Waals surface area contributed by atoms with Gasteiger partial charge in [0.25, 0.3) is 0 Å². The summed E-state index contributed by atoms with van der Waals surface area (Å²) in [6.45, 7) is 1.89. The highest BCUT2D eigenvalue weighted by atomic mass is 79.9. The first kappa shape index (κ1) is 15.1. The number of halogens is 3. The number of hydrogen-bond donors (Lipinski definition) is 2. The van der Waals surface area contributed by atoms with E-state index in [-0.39, 0.29) is 17.7 Å². The van der Waals surface area contributed by atoms with Crippen molar-refractivity contribution in [3.05, 3.63) is 69.2 Å². The standard InChI is InChI=1S/C15H15BrF2N2/c1-9-5-6-11(17)8-12(9)14(20-19)7-10-3-2-4-13(18)15(10)16/h2-6,8,14,20H,7,19H2,1H3. The van der Waals surface area contributed by atoms with Crippen LogP contribution >= 0.6 is 15.9 Å². The molecule has 0 aliphatic heterocycles. The average molecular weight is 341 g/mol. The lowest BCUT2D eigenvalue weighted by Gasteiger charge is -2.19. The Morgan fingerprint density at radius 3 is 2.70 bits per heavy atom. The Morgan fingerprint density at radius 2 is 2.00 bits per heavy atom. The molecule has 20 heavy (non-hydrogen) atoms. The van der Waals surface area contributed by atoms with Crippen molar-refractivity contribution in [2.75, 3.05) is 0 Å². The van der Waals surface area contributed by atoms with Gasteiger partial charge in [0.2, 0.25) is 0 Å². The summed E-state index contributed by atoms with van der Waals surface area (Å²) in [6.07, 6.45) is 0.457. The summed E-state index contributed by atoms with van der Waals surface area (Å²) in [7, 11) is 0. The van der Waals surface area contributed by atoms with E-state index < -0.39 is 0 Å². The molecule has 0 amide bonds. The van der Waals surface area contributed by atoms with Crippen LogP contribution in [0.5, 0.6) is 0 Å². The molecule has 0 heterocycles. The average Bonchev–Trinajstić information content (AvgIpc) is 2.43. The molecule has 0 radical (unpaired) electrons. The lowest BCUT2D eigenvalue weighted by Crippen LogP contribution is -2.30. The maximum absolute atomic E-state index is 13.5. The molecular formula is C15H15BrF2N2. The highest BCUT2D eigenvalue weighted by molar-refractivity contribution is 9.10. The molecule has 5 heteroatoms. The van der Waals surface area contributed by atoms with E-state index in [1.807, 2.05) is 13.0 Å². The van der Waals surface area contributed by atoms with E-state index in [4.69, 9.17) is 5.84 Å². The molecule has 0 aliphatic rings. The smallest absolute Gasteiger partial charge is 0.137 e. The van der Waals surface area contributed by atoms with Crippen LogP contribution < -0.4 is 11.3 Å². The maximum atomic E-state index is 13.5. The van der Waals surface area contributed by atoms with Crippen molar-refractivity contribution >= 4 is 15.9 Å². The quantitative estimate of drug-likeness (QED) is 0.656. The predicted molar refractivity (Wildman–Crippen MR) is 79.0 cm³/mol. The zero-order chi connectivity index (χ0) is 14.7. The molecule has 2 aromatic rings. The van der Waals surface area contributed by atoms with Gasteiger partial charge >= 0.3 is 0 Å². The summed E-state index contributed by atoms with van der Waals surface area (Å²) in [4.78, 5) is 0. The van der Waals surface area contributed by atoms with Crippen LogP contribution in [-0.4, -0.2) is 0 Å². The van der Waals surface area contributed by atoms with Crippen molar-refractivity contribution in [2.24, 2.45) is 5.84 Å². The fourth-order valence-electron chi connectivity index (χ4n) is 2.17. The third kappa shape index (κ3) is 3.23. The summed E-state index contributed by atoms with van der Waals surface area (Å²) in [5.74, 6) is 4.94. The SMILES string of the molecule is Cc1ccc(F)cc1C(Cc1cccc(F)c1Br)NN. The lowest BCUT2D eigenvalue weighted by molar-refractivity contribution is 0.537. The Kier molecular flexibility index (Phi) is 4.86. The lowest BCUT2D eigenvalue weighted by atomic mass is 9.95. The van der Waals surface area contributed by atoms with Gasteiger partial charge in [-0.05, 0) is 64.2 Å². The van der Waals surface area contributed by atoms with E-state index in [0.717, 1.165) is 16.7 Å². The van der Waals surface area contributed by atoms with Crippen LogP contribution in [0, 0.1) is 18.6 Å². The number of aryl methyl sites for hydroxylation is 1. The number of hydrazine groups is 1. The molecule has 0 saturated carbocycles. The number of hydrogen-bond acceptors (Lipinski definition) is 2. The number of nitrogens with two attached hydrogens (primary N) is 1. The van der Waals surface area contributed by atoms with Gasteiger partial charge in [0.1, 0.15) is 11.6 Å². The second-order valence-corrected chi connectivity index (χ2v) is 5.43. The largest absolute Gasteiger partial charge is 0.271 e. The normalized spacial score (nSPS) is 12.4. The molecule has 0 bridgehead atoms. The second kappa shape index (κ2) is 6.43. The fraction of sp³-hybridized carbons (Fsp3) is 0.200. The van der Waals surface area contributed by atoms with Gasteiger partial charge in [0.15, 0.2) is 0 Å². The van der Waals surface area contributed by atoms with Gasteiger partial charge in [-0.25, -0.2) is 8.78 Å². The Morgan fingerprint density at radius 1 is 1.25 bits per heavy atom. The molecule has 3 N–H and O–H groups in total. The Labute approximate surface area is 125 Å². The zero-order valence-electron chi connectivity index (χ0n) is 11.0. The first-order chi connectivity index (χ1) is 9.52. The molecule has 0 fully saturated rings. The van der Waals surface area contributed by atoms with Crippen LogP contribution in [0.3, 0.4) is 0 Å². The number of rotatable bonds is 4. The number of benzene rings is 2. The summed E-state index contributed by atoms with van der Waals surface area (Å²) >= 11 is 3.23. The Hall–Kier alpha value is -1.30. The molecule has 0 aromatic heterocycles. The minimum atomic E-state index is -0.325. The molecular weight excluding hydrogens is 326 g/mol. The van der Waals surface area contributed by atoms with E-state index in [9.17, 15) is 8.78 Å². The summed E-state index contributed by atoms with van der Waals surface area (Å²) in [6, 6.07) is 9.11. The second-order valence-electron chi connectivity index (χ2n) is 4.64. The molecule has 2 aromatic carbocycles. The molecule has 2 nitrogen and oxygen atoms in total. The minimum Gasteiger partial charge on any atom is -0.271 e. The third-order valence-corrected chi connectivity index (χ3v) is 4.16. The minimum absolute atomic E-state index is 0.288. The van der Waals surface area contributed by atoms with Gasteiger partial charge in [0, 0.05) is 0 Å². The van der Waals surface area contributed by atoms with E-state index in [2.05, 4.69) is 21.4 Å². The van der Waals surface area contributed by atoms with Crippen molar-refractivity contribution in [3.63, 3.8) is 0 Å². The molecule has 2 rings (SSSR count). The van der Waals surface area contributed by atoms with Gasteiger partial charge in [0.05, 0.1) is 10.5 Å².